The summed E-state index contributed by atoms with van der Waals surface area (Å²) in [5, 5.41) is 4.24. The van der Waals surface area contributed by atoms with Crippen molar-refractivity contribution in [3.8, 4) is 0 Å². The quantitative estimate of drug-likeness (QED) is 0.723. The van der Waals surface area contributed by atoms with Crippen molar-refractivity contribution in [2.24, 2.45) is 0 Å². The minimum absolute atomic E-state index is 0.277. The van der Waals surface area contributed by atoms with E-state index in [1.54, 1.807) is 0 Å². The fourth-order valence-corrected chi connectivity index (χ4v) is 2.74. The third-order valence-corrected chi connectivity index (χ3v) is 3.95. The Hall–Kier alpha value is -0.990. The van der Waals surface area contributed by atoms with Crippen LogP contribution in [-0.2, 0) is 0 Å². The van der Waals surface area contributed by atoms with Gasteiger partial charge in [0.25, 0.3) is 0 Å². The van der Waals surface area contributed by atoms with E-state index in [-0.39, 0.29) is 6.04 Å². The number of rotatable bonds is 4. The predicted molar refractivity (Wildman–Crippen MR) is 87.0 cm³/mol. The molecule has 100 valence electrons. The van der Waals surface area contributed by atoms with Gasteiger partial charge in [0.2, 0.25) is 0 Å². The van der Waals surface area contributed by atoms with Crippen molar-refractivity contribution < 1.29 is 0 Å². The zero-order chi connectivity index (χ0) is 13.8. The van der Waals surface area contributed by atoms with Gasteiger partial charge >= 0.3 is 0 Å². The highest BCUT2D eigenvalue weighted by molar-refractivity contribution is 9.10. The average Bonchev–Trinajstić information content (AvgIpc) is 2.39. The Morgan fingerprint density at radius 3 is 2.42 bits per heavy atom. The van der Waals surface area contributed by atoms with Crippen LogP contribution in [0.3, 0.4) is 0 Å². The standard InChI is InChI=1S/C16H17BrClN/c1-3-15(12-6-4-11(2)5-7-12)19-16-9-8-13(17)10-14(16)18/h4-10,15,19H,3H2,1-2H3. The van der Waals surface area contributed by atoms with Crippen molar-refractivity contribution >= 4 is 33.2 Å². The van der Waals surface area contributed by atoms with Crippen LogP contribution in [0.4, 0.5) is 5.69 Å². The van der Waals surface area contributed by atoms with Crippen LogP contribution < -0.4 is 5.32 Å². The monoisotopic (exact) mass is 337 g/mol. The lowest BCUT2D eigenvalue weighted by Gasteiger charge is -2.20. The molecule has 1 nitrogen and oxygen atoms in total. The van der Waals surface area contributed by atoms with Crippen LogP contribution >= 0.6 is 27.5 Å². The highest BCUT2D eigenvalue weighted by atomic mass is 79.9. The first-order valence-electron chi connectivity index (χ1n) is 6.38. The third kappa shape index (κ3) is 3.74. The summed E-state index contributed by atoms with van der Waals surface area (Å²) >= 11 is 9.67. The predicted octanol–water partition coefficient (Wildman–Crippen LogP) is 5.97. The molecule has 0 amide bonds. The highest BCUT2D eigenvalue weighted by Crippen LogP contribution is 2.30. The maximum atomic E-state index is 6.25. The van der Waals surface area contributed by atoms with Crippen LogP contribution in [0.2, 0.25) is 5.02 Å². The van der Waals surface area contributed by atoms with Gasteiger partial charge in [-0.15, -0.1) is 0 Å². The topological polar surface area (TPSA) is 12.0 Å². The molecule has 0 saturated carbocycles. The lowest BCUT2D eigenvalue weighted by molar-refractivity contribution is 0.749. The first kappa shape index (κ1) is 14.4. The van der Waals surface area contributed by atoms with Gasteiger partial charge in [0.05, 0.1) is 16.8 Å². The molecule has 2 aromatic carbocycles. The summed E-state index contributed by atoms with van der Waals surface area (Å²) < 4.78 is 0.992. The van der Waals surface area contributed by atoms with Crippen LogP contribution in [-0.4, -0.2) is 0 Å². The molecule has 0 radical (unpaired) electrons. The molecule has 0 bridgehead atoms. The molecule has 0 aliphatic carbocycles. The Kier molecular flexibility index (Phi) is 4.89. The Morgan fingerprint density at radius 2 is 1.84 bits per heavy atom. The maximum Gasteiger partial charge on any atom is 0.0648 e. The summed E-state index contributed by atoms with van der Waals surface area (Å²) in [4.78, 5) is 0. The van der Waals surface area contributed by atoms with E-state index in [1.165, 1.54) is 11.1 Å². The highest BCUT2D eigenvalue weighted by Gasteiger charge is 2.10. The zero-order valence-corrected chi connectivity index (χ0v) is 13.4. The van der Waals surface area contributed by atoms with E-state index in [4.69, 9.17) is 11.6 Å². The summed E-state index contributed by atoms with van der Waals surface area (Å²) in [7, 11) is 0. The molecule has 1 N–H and O–H groups in total. The van der Waals surface area contributed by atoms with Gasteiger partial charge < -0.3 is 5.32 Å². The number of benzene rings is 2. The number of nitrogens with one attached hydrogen (secondary N) is 1. The van der Waals surface area contributed by atoms with Crippen molar-refractivity contribution in [2.45, 2.75) is 26.3 Å². The van der Waals surface area contributed by atoms with Crippen LogP contribution in [0.25, 0.3) is 0 Å². The van der Waals surface area contributed by atoms with E-state index >= 15 is 0 Å². The number of anilines is 1. The van der Waals surface area contributed by atoms with Crippen molar-refractivity contribution in [1.29, 1.82) is 0 Å². The number of hydrogen-bond acceptors (Lipinski definition) is 1. The Morgan fingerprint density at radius 1 is 1.16 bits per heavy atom. The molecule has 2 aromatic rings. The van der Waals surface area contributed by atoms with Crippen LogP contribution in [0, 0.1) is 6.92 Å². The van der Waals surface area contributed by atoms with Crippen LogP contribution in [0.5, 0.6) is 0 Å². The SMILES string of the molecule is CCC(Nc1ccc(Br)cc1Cl)c1ccc(C)cc1. The van der Waals surface area contributed by atoms with Gasteiger partial charge in [-0.3, -0.25) is 0 Å². The summed E-state index contributed by atoms with van der Waals surface area (Å²) in [5.74, 6) is 0. The van der Waals surface area contributed by atoms with Gasteiger partial charge in [0.1, 0.15) is 0 Å². The molecule has 0 aliphatic heterocycles. The summed E-state index contributed by atoms with van der Waals surface area (Å²) in [5.41, 5.74) is 3.53. The molecule has 0 heterocycles. The largest absolute Gasteiger partial charge is 0.377 e. The first-order chi connectivity index (χ1) is 9.10. The first-order valence-corrected chi connectivity index (χ1v) is 7.55. The fraction of sp³-hybridized carbons (Fsp3) is 0.250. The maximum absolute atomic E-state index is 6.25. The van der Waals surface area contributed by atoms with Crippen LogP contribution in [0.15, 0.2) is 46.9 Å². The molecule has 3 heteroatoms. The molecule has 0 fully saturated rings. The molecule has 0 aliphatic rings. The molecule has 0 spiro atoms. The molecular formula is C16H17BrClN. The minimum atomic E-state index is 0.277. The average molecular weight is 339 g/mol. The molecule has 1 atom stereocenters. The van der Waals surface area contributed by atoms with Gasteiger partial charge in [-0.2, -0.15) is 0 Å². The van der Waals surface area contributed by atoms with Gasteiger partial charge in [-0.05, 0) is 37.1 Å². The van der Waals surface area contributed by atoms with E-state index < -0.39 is 0 Å². The van der Waals surface area contributed by atoms with Gasteiger partial charge in [0.15, 0.2) is 0 Å². The van der Waals surface area contributed by atoms with E-state index in [0.717, 1.165) is 21.6 Å². The Balaban J connectivity index is 2.21. The molecule has 0 aromatic heterocycles. The normalized spacial score (nSPS) is 12.2. The molecule has 2 rings (SSSR count). The van der Waals surface area contributed by atoms with E-state index in [9.17, 15) is 0 Å². The van der Waals surface area contributed by atoms with Crippen molar-refractivity contribution in [3.05, 3.63) is 63.1 Å². The lowest BCUT2D eigenvalue weighted by atomic mass is 10.0. The van der Waals surface area contributed by atoms with Gasteiger partial charge in [-0.1, -0.05) is 64.3 Å². The summed E-state index contributed by atoms with van der Waals surface area (Å²) in [6.45, 7) is 4.27. The molecule has 1 unspecified atom stereocenters. The van der Waals surface area contributed by atoms with Crippen molar-refractivity contribution in [1.82, 2.24) is 0 Å². The fourth-order valence-electron chi connectivity index (χ4n) is 2.01. The Labute approximate surface area is 128 Å². The number of aryl methyl sites for hydroxylation is 1. The van der Waals surface area contributed by atoms with Gasteiger partial charge in [-0.25, -0.2) is 0 Å². The summed E-state index contributed by atoms with van der Waals surface area (Å²) in [6.07, 6.45) is 1.01. The van der Waals surface area contributed by atoms with Crippen LogP contribution in [0.1, 0.15) is 30.5 Å². The number of hydrogen-bond donors (Lipinski definition) is 1. The smallest absolute Gasteiger partial charge is 0.0648 e. The van der Waals surface area contributed by atoms with Gasteiger partial charge in [0, 0.05) is 4.47 Å². The van der Waals surface area contributed by atoms with Crippen molar-refractivity contribution in [3.63, 3.8) is 0 Å². The molecular weight excluding hydrogens is 322 g/mol. The van der Waals surface area contributed by atoms with E-state index in [1.807, 2.05) is 18.2 Å². The lowest BCUT2D eigenvalue weighted by Crippen LogP contribution is -2.09. The molecule has 19 heavy (non-hydrogen) atoms. The van der Waals surface area contributed by atoms with Crippen molar-refractivity contribution in [2.75, 3.05) is 5.32 Å². The molecule has 0 saturated heterocycles. The van der Waals surface area contributed by atoms with E-state index in [2.05, 4.69) is 59.4 Å². The zero-order valence-electron chi connectivity index (χ0n) is 11.1. The second kappa shape index (κ2) is 6.44. The van der Waals surface area contributed by atoms with E-state index in [0.29, 0.717) is 0 Å². The second-order valence-electron chi connectivity index (χ2n) is 4.64. The second-order valence-corrected chi connectivity index (χ2v) is 5.96. The third-order valence-electron chi connectivity index (χ3n) is 3.15. The minimum Gasteiger partial charge on any atom is -0.377 e. The number of halogens is 2. The summed E-state index contributed by atoms with van der Waals surface area (Å²) in [6, 6.07) is 14.8. The Bertz CT molecular complexity index is 551.